The van der Waals surface area contributed by atoms with Crippen LogP contribution in [0.4, 0.5) is 0 Å². The number of hydrogen-bond acceptors (Lipinski definition) is 6. The fraction of sp³-hybridized carbons (Fsp3) is 0.550. The first-order chi connectivity index (χ1) is 13.4. The van der Waals surface area contributed by atoms with Gasteiger partial charge in [0.15, 0.2) is 0 Å². The van der Waals surface area contributed by atoms with Crippen molar-refractivity contribution < 1.29 is 19.0 Å². The molecule has 1 aromatic heterocycles. The minimum atomic E-state index is -0.292. The maximum Gasteiger partial charge on any atom is 0.340 e. The highest BCUT2D eigenvalue weighted by Gasteiger charge is 2.26. The molecule has 0 spiro atoms. The first-order valence-electron chi connectivity index (χ1n) is 9.39. The van der Waals surface area contributed by atoms with Crippen LogP contribution in [0.3, 0.4) is 0 Å². The highest BCUT2D eigenvalue weighted by atomic mass is 79.9. The molecule has 0 N–H and O–H groups in total. The molecule has 1 aliphatic heterocycles. The van der Waals surface area contributed by atoms with Gasteiger partial charge in [0.1, 0.15) is 12.4 Å². The lowest BCUT2D eigenvalue weighted by Gasteiger charge is -2.27. The minimum absolute atomic E-state index is 0.292. The molecule has 7 nitrogen and oxygen atoms in total. The Morgan fingerprint density at radius 3 is 2.64 bits per heavy atom. The van der Waals surface area contributed by atoms with Crippen molar-refractivity contribution in [2.24, 2.45) is 7.05 Å². The first-order valence-corrected chi connectivity index (χ1v) is 10.2. The van der Waals surface area contributed by atoms with E-state index in [9.17, 15) is 4.79 Å². The van der Waals surface area contributed by atoms with E-state index < -0.39 is 0 Å². The van der Waals surface area contributed by atoms with E-state index in [1.54, 1.807) is 7.11 Å². The summed E-state index contributed by atoms with van der Waals surface area (Å²) in [5, 5.41) is 0.848. The standard InChI is InChI=1S/C20H28BrN3O4/c1-22(2)5-10-28-20(25)19-14-11-18(26-4)15(21)12-16(14)23(3)17(19)13-24-6-8-27-9-7-24/h11-12H,5-10,13H2,1-4H3. The van der Waals surface area contributed by atoms with Crippen molar-refractivity contribution in [2.75, 3.05) is 60.7 Å². The third-order valence-electron chi connectivity index (χ3n) is 5.05. The van der Waals surface area contributed by atoms with Gasteiger partial charge in [0, 0.05) is 44.3 Å². The summed E-state index contributed by atoms with van der Waals surface area (Å²) in [4.78, 5) is 17.3. The topological polar surface area (TPSA) is 56.2 Å². The molecule has 1 aliphatic rings. The maximum absolute atomic E-state index is 13.1. The number of carbonyl (C=O) groups is 1. The summed E-state index contributed by atoms with van der Waals surface area (Å²) in [7, 11) is 7.53. The summed E-state index contributed by atoms with van der Waals surface area (Å²) in [6, 6.07) is 3.90. The molecule has 0 bridgehead atoms. The number of nitrogens with zero attached hydrogens (tertiary/aromatic N) is 3. The van der Waals surface area contributed by atoms with Gasteiger partial charge in [-0.25, -0.2) is 4.79 Å². The number of ether oxygens (including phenoxy) is 3. The van der Waals surface area contributed by atoms with Gasteiger partial charge in [-0.15, -0.1) is 0 Å². The van der Waals surface area contributed by atoms with Crippen LogP contribution in [-0.4, -0.2) is 81.0 Å². The molecule has 0 unspecified atom stereocenters. The molecule has 2 aromatic rings. The van der Waals surface area contributed by atoms with E-state index in [1.165, 1.54) is 0 Å². The number of esters is 1. The van der Waals surface area contributed by atoms with Crippen LogP contribution in [0.5, 0.6) is 5.75 Å². The van der Waals surface area contributed by atoms with Crippen LogP contribution >= 0.6 is 15.9 Å². The quantitative estimate of drug-likeness (QED) is 0.600. The number of aromatic nitrogens is 1. The van der Waals surface area contributed by atoms with E-state index in [2.05, 4.69) is 25.4 Å². The van der Waals surface area contributed by atoms with Gasteiger partial charge in [-0.3, -0.25) is 4.90 Å². The lowest BCUT2D eigenvalue weighted by atomic mass is 10.1. The summed E-state index contributed by atoms with van der Waals surface area (Å²) in [6.45, 7) is 4.84. The number of fused-ring (bicyclic) bond motifs is 1. The lowest BCUT2D eigenvalue weighted by Crippen LogP contribution is -2.36. The van der Waals surface area contributed by atoms with Crippen molar-refractivity contribution in [3.8, 4) is 5.75 Å². The van der Waals surface area contributed by atoms with Crippen molar-refractivity contribution >= 4 is 32.8 Å². The Morgan fingerprint density at radius 2 is 2.00 bits per heavy atom. The zero-order valence-electron chi connectivity index (χ0n) is 17.0. The van der Waals surface area contributed by atoms with Crippen molar-refractivity contribution in [3.05, 3.63) is 27.9 Å². The van der Waals surface area contributed by atoms with E-state index in [4.69, 9.17) is 14.2 Å². The number of methoxy groups -OCH3 is 1. The fourth-order valence-corrected chi connectivity index (χ4v) is 3.92. The molecule has 1 fully saturated rings. The Hall–Kier alpha value is -1.61. The monoisotopic (exact) mass is 453 g/mol. The molecular formula is C20H28BrN3O4. The number of hydrogen-bond donors (Lipinski definition) is 0. The predicted molar refractivity (Wildman–Crippen MR) is 112 cm³/mol. The lowest BCUT2D eigenvalue weighted by molar-refractivity contribution is 0.0326. The van der Waals surface area contributed by atoms with Gasteiger partial charge in [-0.05, 0) is 42.2 Å². The van der Waals surface area contributed by atoms with Crippen molar-refractivity contribution in [3.63, 3.8) is 0 Å². The number of carbonyl (C=O) groups excluding carboxylic acids is 1. The van der Waals surface area contributed by atoms with Crippen LogP contribution in [0.2, 0.25) is 0 Å². The molecule has 0 aliphatic carbocycles. The minimum Gasteiger partial charge on any atom is -0.496 e. The number of aryl methyl sites for hydroxylation is 1. The van der Waals surface area contributed by atoms with E-state index in [0.29, 0.717) is 44.2 Å². The molecular weight excluding hydrogens is 426 g/mol. The molecule has 1 aromatic carbocycles. The van der Waals surface area contributed by atoms with Crippen LogP contribution in [0, 0.1) is 0 Å². The number of halogens is 1. The molecule has 0 radical (unpaired) electrons. The van der Waals surface area contributed by atoms with E-state index in [1.807, 2.05) is 38.2 Å². The summed E-state index contributed by atoms with van der Waals surface area (Å²) in [6.07, 6.45) is 0. The molecule has 154 valence electrons. The molecule has 8 heteroatoms. The van der Waals surface area contributed by atoms with Crippen LogP contribution in [0.1, 0.15) is 16.1 Å². The van der Waals surface area contributed by atoms with Crippen molar-refractivity contribution in [1.82, 2.24) is 14.4 Å². The van der Waals surface area contributed by atoms with E-state index in [0.717, 1.165) is 34.2 Å². The molecule has 0 amide bonds. The van der Waals surface area contributed by atoms with E-state index in [-0.39, 0.29) is 5.97 Å². The highest BCUT2D eigenvalue weighted by Crippen LogP contribution is 2.35. The predicted octanol–water partition coefficient (Wildman–Crippen LogP) is 2.50. The van der Waals surface area contributed by atoms with E-state index >= 15 is 0 Å². The van der Waals surface area contributed by atoms with Gasteiger partial charge in [-0.1, -0.05) is 0 Å². The molecule has 2 heterocycles. The Kier molecular flexibility index (Phi) is 6.98. The molecule has 1 saturated heterocycles. The van der Waals surface area contributed by atoms with Gasteiger partial charge >= 0.3 is 5.97 Å². The fourth-order valence-electron chi connectivity index (χ4n) is 3.42. The second-order valence-corrected chi connectivity index (χ2v) is 8.07. The average molecular weight is 454 g/mol. The van der Waals surface area contributed by atoms with Gasteiger partial charge in [-0.2, -0.15) is 0 Å². The Bertz CT molecular complexity index is 844. The summed E-state index contributed by atoms with van der Waals surface area (Å²) in [5.41, 5.74) is 2.54. The number of benzene rings is 1. The van der Waals surface area contributed by atoms with Gasteiger partial charge < -0.3 is 23.7 Å². The number of rotatable bonds is 7. The van der Waals surface area contributed by atoms with Crippen LogP contribution in [-0.2, 0) is 23.1 Å². The Morgan fingerprint density at radius 1 is 1.29 bits per heavy atom. The van der Waals surface area contributed by atoms with Crippen LogP contribution in [0.25, 0.3) is 10.9 Å². The maximum atomic E-state index is 13.1. The summed E-state index contributed by atoms with van der Waals surface area (Å²) >= 11 is 3.55. The number of morpholine rings is 1. The normalized spacial score (nSPS) is 15.4. The second kappa shape index (κ2) is 9.26. The third kappa shape index (κ3) is 4.51. The summed E-state index contributed by atoms with van der Waals surface area (Å²) in [5.74, 6) is 0.401. The van der Waals surface area contributed by atoms with Gasteiger partial charge in [0.2, 0.25) is 0 Å². The van der Waals surface area contributed by atoms with Gasteiger partial charge in [0.25, 0.3) is 0 Å². The zero-order valence-corrected chi connectivity index (χ0v) is 18.5. The SMILES string of the molecule is COc1cc2c(C(=O)OCCN(C)C)c(CN3CCOCC3)n(C)c2cc1Br. The smallest absolute Gasteiger partial charge is 0.340 e. The largest absolute Gasteiger partial charge is 0.496 e. The molecule has 0 atom stereocenters. The first kappa shape index (κ1) is 21.1. The molecule has 3 rings (SSSR count). The molecule has 0 saturated carbocycles. The summed E-state index contributed by atoms with van der Waals surface area (Å²) < 4.78 is 19.5. The zero-order chi connectivity index (χ0) is 20.3. The third-order valence-corrected chi connectivity index (χ3v) is 5.67. The average Bonchev–Trinajstić information content (AvgIpc) is 2.93. The van der Waals surface area contributed by atoms with Crippen molar-refractivity contribution in [1.29, 1.82) is 0 Å². The second-order valence-electron chi connectivity index (χ2n) is 7.21. The van der Waals surface area contributed by atoms with Gasteiger partial charge in [0.05, 0.1) is 35.9 Å². The molecule has 28 heavy (non-hydrogen) atoms. The highest BCUT2D eigenvalue weighted by molar-refractivity contribution is 9.10. The van der Waals surface area contributed by atoms with Crippen LogP contribution < -0.4 is 4.74 Å². The number of likely N-dealkylation sites (N-methyl/N-ethyl adjacent to an activating group) is 1. The van der Waals surface area contributed by atoms with Crippen LogP contribution in [0.15, 0.2) is 16.6 Å². The Balaban J connectivity index is 2.02. The Labute approximate surface area is 174 Å². The van der Waals surface area contributed by atoms with Crippen molar-refractivity contribution in [2.45, 2.75) is 6.54 Å².